The highest BCUT2D eigenvalue weighted by atomic mass is 14.6. The van der Waals surface area contributed by atoms with Crippen LogP contribution in [0.25, 0.3) is 5.70 Å². The van der Waals surface area contributed by atoms with Crippen molar-refractivity contribution in [1.29, 1.82) is 0 Å². The molecule has 0 unspecified atom stereocenters. The van der Waals surface area contributed by atoms with Gasteiger partial charge in [0.1, 0.15) is 0 Å². The first-order chi connectivity index (χ1) is 7.09. The van der Waals surface area contributed by atoms with Gasteiger partial charge in [0.15, 0.2) is 0 Å². The maximum atomic E-state index is 5.94. The molecule has 1 heteroatoms. The second kappa shape index (κ2) is 5.40. The third kappa shape index (κ3) is 4.03. The molecular formula is C14H19N. The van der Waals surface area contributed by atoms with Crippen LogP contribution in [0.1, 0.15) is 25.0 Å². The zero-order valence-corrected chi connectivity index (χ0v) is 9.70. The lowest BCUT2D eigenvalue weighted by molar-refractivity contribution is 0.832. The summed E-state index contributed by atoms with van der Waals surface area (Å²) in [7, 11) is 0. The Kier molecular flexibility index (Phi) is 4.17. The molecule has 1 nitrogen and oxygen atoms in total. The molecule has 0 spiro atoms. The number of benzene rings is 1. The lowest BCUT2D eigenvalue weighted by atomic mass is 10.1. The maximum Gasteiger partial charge on any atom is 0.0387 e. The fourth-order valence-corrected chi connectivity index (χ4v) is 1.22. The van der Waals surface area contributed by atoms with Gasteiger partial charge in [-0.3, -0.25) is 0 Å². The van der Waals surface area contributed by atoms with Crippen LogP contribution >= 0.6 is 0 Å². The highest BCUT2D eigenvalue weighted by molar-refractivity contribution is 5.64. The van der Waals surface area contributed by atoms with Gasteiger partial charge in [-0.05, 0) is 24.5 Å². The zero-order valence-electron chi connectivity index (χ0n) is 9.70. The molecule has 0 aliphatic rings. The van der Waals surface area contributed by atoms with Crippen molar-refractivity contribution in [2.75, 3.05) is 0 Å². The SMILES string of the molecule is Cc1ccc(/C(N)=C/C=C\C(C)C)cc1. The van der Waals surface area contributed by atoms with Crippen LogP contribution in [-0.2, 0) is 0 Å². The van der Waals surface area contributed by atoms with Gasteiger partial charge in [0.2, 0.25) is 0 Å². The molecular weight excluding hydrogens is 182 g/mol. The summed E-state index contributed by atoms with van der Waals surface area (Å²) >= 11 is 0. The van der Waals surface area contributed by atoms with Gasteiger partial charge in [-0.1, -0.05) is 55.8 Å². The van der Waals surface area contributed by atoms with Gasteiger partial charge in [0.25, 0.3) is 0 Å². The van der Waals surface area contributed by atoms with Crippen LogP contribution < -0.4 is 5.73 Å². The topological polar surface area (TPSA) is 26.0 Å². The minimum Gasteiger partial charge on any atom is -0.398 e. The number of allylic oxidation sites excluding steroid dienone is 3. The fourth-order valence-electron chi connectivity index (χ4n) is 1.22. The van der Waals surface area contributed by atoms with E-state index in [0.29, 0.717) is 5.92 Å². The minimum absolute atomic E-state index is 0.562. The summed E-state index contributed by atoms with van der Waals surface area (Å²) in [6.07, 6.45) is 6.09. The normalized spacial score (nSPS) is 12.7. The van der Waals surface area contributed by atoms with Crippen LogP contribution in [0.2, 0.25) is 0 Å². The molecule has 80 valence electrons. The van der Waals surface area contributed by atoms with Crippen LogP contribution in [0.4, 0.5) is 0 Å². The van der Waals surface area contributed by atoms with Gasteiger partial charge in [-0.2, -0.15) is 0 Å². The predicted molar refractivity (Wildman–Crippen MR) is 67.3 cm³/mol. The fraction of sp³-hybridized carbons (Fsp3) is 0.286. The van der Waals surface area contributed by atoms with E-state index in [4.69, 9.17) is 5.73 Å². The molecule has 0 amide bonds. The van der Waals surface area contributed by atoms with Crippen molar-refractivity contribution in [3.05, 3.63) is 53.6 Å². The van der Waals surface area contributed by atoms with Crippen LogP contribution in [-0.4, -0.2) is 0 Å². The first-order valence-corrected chi connectivity index (χ1v) is 5.30. The van der Waals surface area contributed by atoms with Crippen molar-refractivity contribution in [3.63, 3.8) is 0 Å². The monoisotopic (exact) mass is 201 g/mol. The number of hydrogen-bond acceptors (Lipinski definition) is 1. The Labute approximate surface area is 92.3 Å². The minimum atomic E-state index is 0.562. The van der Waals surface area contributed by atoms with Crippen LogP contribution in [0.5, 0.6) is 0 Å². The summed E-state index contributed by atoms with van der Waals surface area (Å²) in [4.78, 5) is 0. The van der Waals surface area contributed by atoms with Crippen molar-refractivity contribution in [1.82, 2.24) is 0 Å². The predicted octanol–water partition coefficient (Wildman–Crippen LogP) is 3.51. The molecule has 0 aromatic heterocycles. The Balaban J connectivity index is 2.76. The second-order valence-electron chi connectivity index (χ2n) is 4.12. The Hall–Kier alpha value is -1.50. The second-order valence-corrected chi connectivity index (χ2v) is 4.12. The van der Waals surface area contributed by atoms with E-state index < -0.39 is 0 Å². The molecule has 1 rings (SSSR count). The zero-order chi connectivity index (χ0) is 11.3. The third-order valence-electron chi connectivity index (χ3n) is 2.16. The molecule has 0 radical (unpaired) electrons. The summed E-state index contributed by atoms with van der Waals surface area (Å²) in [5.41, 5.74) is 9.08. The number of nitrogens with two attached hydrogens (primary N) is 1. The van der Waals surface area contributed by atoms with Gasteiger partial charge in [0.05, 0.1) is 0 Å². The quantitative estimate of drug-likeness (QED) is 0.744. The summed E-state index contributed by atoms with van der Waals surface area (Å²) < 4.78 is 0. The lowest BCUT2D eigenvalue weighted by Crippen LogP contribution is -1.95. The Morgan fingerprint density at radius 2 is 1.80 bits per heavy atom. The number of aryl methyl sites for hydroxylation is 1. The van der Waals surface area contributed by atoms with E-state index in [1.807, 2.05) is 24.3 Å². The average Bonchev–Trinajstić information content (AvgIpc) is 2.18. The highest BCUT2D eigenvalue weighted by Gasteiger charge is 1.93. The van der Waals surface area contributed by atoms with Crippen molar-refractivity contribution >= 4 is 5.70 Å². The van der Waals surface area contributed by atoms with Crippen molar-refractivity contribution in [2.24, 2.45) is 11.7 Å². The first kappa shape index (κ1) is 11.6. The Bertz CT molecular complexity index is 355. The summed E-state index contributed by atoms with van der Waals surface area (Å²) in [5, 5.41) is 0. The maximum absolute atomic E-state index is 5.94. The molecule has 2 N–H and O–H groups in total. The molecule has 0 aliphatic heterocycles. The van der Waals surface area contributed by atoms with E-state index in [-0.39, 0.29) is 0 Å². The Morgan fingerprint density at radius 3 is 2.33 bits per heavy atom. The summed E-state index contributed by atoms with van der Waals surface area (Å²) in [5.74, 6) is 0.562. The summed E-state index contributed by atoms with van der Waals surface area (Å²) in [6, 6.07) is 8.24. The van der Waals surface area contributed by atoms with Crippen molar-refractivity contribution in [2.45, 2.75) is 20.8 Å². The van der Waals surface area contributed by atoms with E-state index >= 15 is 0 Å². The number of rotatable bonds is 3. The van der Waals surface area contributed by atoms with Gasteiger partial charge in [-0.25, -0.2) is 0 Å². The van der Waals surface area contributed by atoms with Gasteiger partial charge >= 0.3 is 0 Å². The summed E-state index contributed by atoms with van der Waals surface area (Å²) in [6.45, 7) is 6.36. The molecule has 1 aromatic carbocycles. The molecule has 0 saturated carbocycles. The third-order valence-corrected chi connectivity index (χ3v) is 2.16. The van der Waals surface area contributed by atoms with Crippen molar-refractivity contribution in [3.8, 4) is 0 Å². The van der Waals surface area contributed by atoms with E-state index in [0.717, 1.165) is 11.3 Å². The molecule has 0 bridgehead atoms. The molecule has 1 aromatic rings. The lowest BCUT2D eigenvalue weighted by Gasteiger charge is -2.01. The van der Waals surface area contributed by atoms with Gasteiger partial charge < -0.3 is 5.73 Å². The van der Waals surface area contributed by atoms with Crippen LogP contribution in [0.15, 0.2) is 42.5 Å². The number of hydrogen-bond donors (Lipinski definition) is 1. The standard InChI is InChI=1S/C14H19N/c1-11(2)5-4-6-14(15)13-9-7-12(3)8-10-13/h4-11H,15H2,1-3H3/b5-4-,14-6-. The molecule has 0 fully saturated rings. The van der Waals surface area contributed by atoms with E-state index in [1.54, 1.807) is 0 Å². The molecule has 0 atom stereocenters. The van der Waals surface area contributed by atoms with Crippen molar-refractivity contribution < 1.29 is 0 Å². The van der Waals surface area contributed by atoms with E-state index in [9.17, 15) is 0 Å². The molecule has 0 aliphatic carbocycles. The highest BCUT2D eigenvalue weighted by Crippen LogP contribution is 2.10. The van der Waals surface area contributed by atoms with Crippen LogP contribution in [0.3, 0.4) is 0 Å². The van der Waals surface area contributed by atoms with Gasteiger partial charge in [-0.15, -0.1) is 0 Å². The largest absolute Gasteiger partial charge is 0.398 e. The first-order valence-electron chi connectivity index (χ1n) is 5.30. The van der Waals surface area contributed by atoms with Crippen LogP contribution in [0, 0.1) is 12.8 Å². The molecule has 15 heavy (non-hydrogen) atoms. The molecule has 0 saturated heterocycles. The Morgan fingerprint density at radius 1 is 1.20 bits per heavy atom. The smallest absolute Gasteiger partial charge is 0.0387 e. The van der Waals surface area contributed by atoms with E-state index in [1.165, 1.54) is 5.56 Å². The molecule has 0 heterocycles. The van der Waals surface area contributed by atoms with E-state index in [2.05, 4.69) is 39.0 Å². The van der Waals surface area contributed by atoms with Gasteiger partial charge in [0, 0.05) is 5.70 Å². The average molecular weight is 201 g/mol.